The molecule has 156 valence electrons. The van der Waals surface area contributed by atoms with E-state index >= 15 is 0 Å². The zero-order chi connectivity index (χ0) is 21.1. The summed E-state index contributed by atoms with van der Waals surface area (Å²) in [6.07, 6.45) is 5.98. The maximum absolute atomic E-state index is 12.9. The molecule has 0 spiro atoms. The van der Waals surface area contributed by atoms with Gasteiger partial charge in [-0.15, -0.1) is 11.3 Å². The summed E-state index contributed by atoms with van der Waals surface area (Å²) in [4.78, 5) is 43.2. The highest BCUT2D eigenvalue weighted by Crippen LogP contribution is 2.33. The number of esters is 1. The van der Waals surface area contributed by atoms with E-state index in [1.54, 1.807) is 41.9 Å². The van der Waals surface area contributed by atoms with Gasteiger partial charge in [0.25, 0.3) is 5.56 Å². The van der Waals surface area contributed by atoms with E-state index in [0.29, 0.717) is 18.7 Å². The number of nitrogens with one attached hydrogen (secondary N) is 1. The first-order valence-electron chi connectivity index (χ1n) is 10.0. The number of hydrogen-bond donors (Lipinski definition) is 1. The highest BCUT2D eigenvalue weighted by atomic mass is 32.1. The minimum Gasteiger partial charge on any atom is -0.465 e. The van der Waals surface area contributed by atoms with Gasteiger partial charge in [-0.2, -0.15) is 0 Å². The lowest BCUT2D eigenvalue weighted by Gasteiger charge is -2.10. The summed E-state index contributed by atoms with van der Waals surface area (Å²) in [5.74, 6) is -0.542. The molecular weight excluding hydrogens is 402 g/mol. The van der Waals surface area contributed by atoms with Crippen LogP contribution < -0.4 is 10.9 Å². The van der Waals surface area contributed by atoms with Crippen LogP contribution in [0.3, 0.4) is 0 Å². The molecule has 0 radical (unpaired) electrons. The largest absolute Gasteiger partial charge is 0.465 e. The van der Waals surface area contributed by atoms with E-state index in [0.717, 1.165) is 40.6 Å². The lowest BCUT2D eigenvalue weighted by Crippen LogP contribution is -2.27. The number of fused-ring (bicyclic) bond motifs is 3. The van der Waals surface area contributed by atoms with Gasteiger partial charge in [0.15, 0.2) is 0 Å². The first kappa shape index (κ1) is 20.3. The Kier molecular flexibility index (Phi) is 5.94. The fourth-order valence-electron chi connectivity index (χ4n) is 3.73. The Hall–Kier alpha value is -3.00. The lowest BCUT2D eigenvalue weighted by atomic mass is 9.97. The Morgan fingerprint density at radius 3 is 2.73 bits per heavy atom. The molecule has 30 heavy (non-hydrogen) atoms. The molecule has 1 N–H and O–H groups in total. The fourth-order valence-corrected chi connectivity index (χ4v) is 4.95. The topological polar surface area (TPSA) is 90.3 Å². The number of amides is 1. The first-order chi connectivity index (χ1) is 14.6. The quantitative estimate of drug-likeness (QED) is 0.614. The van der Waals surface area contributed by atoms with Crippen LogP contribution in [0.2, 0.25) is 0 Å². The fraction of sp³-hybridized carbons (Fsp3) is 0.364. The van der Waals surface area contributed by atoms with Crippen LogP contribution in [0, 0.1) is 0 Å². The van der Waals surface area contributed by atoms with Gasteiger partial charge in [-0.3, -0.25) is 14.2 Å². The molecule has 1 aromatic carbocycles. The van der Waals surface area contributed by atoms with Crippen LogP contribution in [0.25, 0.3) is 10.2 Å². The maximum Gasteiger partial charge on any atom is 0.337 e. The molecule has 0 saturated heterocycles. The highest BCUT2D eigenvalue weighted by molar-refractivity contribution is 7.18. The minimum absolute atomic E-state index is 0.0504. The second-order valence-electron chi connectivity index (χ2n) is 7.35. The number of hydrogen-bond acceptors (Lipinski definition) is 6. The van der Waals surface area contributed by atoms with Crippen molar-refractivity contribution in [1.29, 1.82) is 0 Å². The van der Waals surface area contributed by atoms with Crippen molar-refractivity contribution in [2.75, 3.05) is 7.11 Å². The normalized spacial score (nSPS) is 13.1. The molecule has 0 fully saturated rings. The van der Waals surface area contributed by atoms with Crippen molar-refractivity contribution < 1.29 is 14.3 Å². The van der Waals surface area contributed by atoms with Crippen LogP contribution in [-0.2, 0) is 35.5 Å². The molecule has 3 aromatic rings. The van der Waals surface area contributed by atoms with E-state index in [4.69, 9.17) is 0 Å². The summed E-state index contributed by atoms with van der Waals surface area (Å²) in [6.45, 7) is 0.643. The highest BCUT2D eigenvalue weighted by Gasteiger charge is 2.20. The molecular formula is C22H23N3O4S. The molecule has 4 rings (SSSR count). The van der Waals surface area contributed by atoms with Crippen LogP contribution >= 0.6 is 11.3 Å². The third-order valence-corrected chi connectivity index (χ3v) is 6.59. The van der Waals surface area contributed by atoms with Crippen molar-refractivity contribution in [2.45, 2.75) is 45.2 Å². The average molecular weight is 426 g/mol. The third kappa shape index (κ3) is 4.14. The summed E-state index contributed by atoms with van der Waals surface area (Å²) >= 11 is 1.62. The van der Waals surface area contributed by atoms with Crippen molar-refractivity contribution in [2.24, 2.45) is 0 Å². The minimum atomic E-state index is -0.395. The molecule has 1 amide bonds. The number of benzene rings is 1. The molecule has 8 heteroatoms. The number of nitrogens with zero attached hydrogens (tertiary/aromatic N) is 2. The van der Waals surface area contributed by atoms with Gasteiger partial charge in [0.05, 0.1) is 24.4 Å². The van der Waals surface area contributed by atoms with E-state index in [2.05, 4.69) is 15.0 Å². The molecule has 1 aliphatic rings. The van der Waals surface area contributed by atoms with Crippen molar-refractivity contribution in [3.8, 4) is 0 Å². The van der Waals surface area contributed by atoms with Crippen molar-refractivity contribution in [3.05, 3.63) is 62.5 Å². The van der Waals surface area contributed by atoms with E-state index in [9.17, 15) is 14.4 Å². The molecule has 0 unspecified atom stereocenters. The molecule has 2 heterocycles. The van der Waals surface area contributed by atoms with Gasteiger partial charge in [-0.25, -0.2) is 9.78 Å². The van der Waals surface area contributed by atoms with Gasteiger partial charge in [-0.1, -0.05) is 12.1 Å². The number of carbonyl (C=O) groups excluding carboxylic acids is 2. The average Bonchev–Trinajstić information content (AvgIpc) is 3.16. The molecule has 0 bridgehead atoms. The van der Waals surface area contributed by atoms with Gasteiger partial charge < -0.3 is 10.1 Å². The van der Waals surface area contributed by atoms with Gasteiger partial charge in [-0.05, 0) is 48.9 Å². The van der Waals surface area contributed by atoms with E-state index in [1.807, 2.05) is 0 Å². The van der Waals surface area contributed by atoms with Crippen molar-refractivity contribution >= 4 is 33.4 Å². The van der Waals surface area contributed by atoms with E-state index in [-0.39, 0.29) is 17.9 Å². The molecule has 2 aromatic heterocycles. The molecule has 7 nitrogen and oxygen atoms in total. The van der Waals surface area contributed by atoms with Crippen molar-refractivity contribution in [1.82, 2.24) is 14.9 Å². The predicted molar refractivity (Wildman–Crippen MR) is 115 cm³/mol. The Morgan fingerprint density at radius 1 is 1.20 bits per heavy atom. The van der Waals surface area contributed by atoms with Gasteiger partial charge in [0.1, 0.15) is 4.83 Å². The SMILES string of the molecule is COC(=O)c1ccc(CNC(=O)CCn2cnc3sc4c(c3c2=O)CCCC4)cc1. The number of methoxy groups -OCH3 is 1. The van der Waals surface area contributed by atoms with Crippen LogP contribution in [0.5, 0.6) is 0 Å². The Balaban J connectivity index is 1.37. The predicted octanol–water partition coefficient (Wildman–Crippen LogP) is 2.83. The number of ether oxygens (including phenoxy) is 1. The molecule has 0 aliphatic heterocycles. The number of rotatable bonds is 6. The Bertz CT molecular complexity index is 1150. The Morgan fingerprint density at radius 2 is 1.97 bits per heavy atom. The van der Waals surface area contributed by atoms with Gasteiger partial charge in [0.2, 0.25) is 5.91 Å². The molecule has 0 atom stereocenters. The smallest absolute Gasteiger partial charge is 0.337 e. The van der Waals surface area contributed by atoms with Gasteiger partial charge in [0, 0.05) is 24.4 Å². The summed E-state index contributed by atoms with van der Waals surface area (Å²) in [6, 6.07) is 6.87. The van der Waals surface area contributed by atoms with Crippen LogP contribution in [-0.4, -0.2) is 28.5 Å². The molecule has 1 aliphatic carbocycles. The number of aryl methyl sites for hydroxylation is 3. The van der Waals surface area contributed by atoms with Crippen molar-refractivity contribution in [3.63, 3.8) is 0 Å². The lowest BCUT2D eigenvalue weighted by molar-refractivity contribution is -0.121. The summed E-state index contributed by atoms with van der Waals surface area (Å²) in [5, 5.41) is 3.58. The zero-order valence-corrected chi connectivity index (χ0v) is 17.6. The second kappa shape index (κ2) is 8.79. The second-order valence-corrected chi connectivity index (χ2v) is 8.43. The number of thiophene rings is 1. The molecule has 0 saturated carbocycles. The monoisotopic (exact) mass is 425 g/mol. The zero-order valence-electron chi connectivity index (χ0n) is 16.8. The summed E-state index contributed by atoms with van der Waals surface area (Å²) < 4.78 is 6.21. The Labute approximate surface area is 177 Å². The van der Waals surface area contributed by atoms with E-state index < -0.39 is 5.97 Å². The van der Waals surface area contributed by atoms with Gasteiger partial charge >= 0.3 is 5.97 Å². The number of carbonyl (C=O) groups is 2. The van der Waals surface area contributed by atoms with Crippen LogP contribution in [0.4, 0.5) is 0 Å². The number of aromatic nitrogens is 2. The summed E-state index contributed by atoms with van der Waals surface area (Å²) in [7, 11) is 1.34. The van der Waals surface area contributed by atoms with Crippen LogP contribution in [0.1, 0.15) is 45.6 Å². The third-order valence-electron chi connectivity index (χ3n) is 5.39. The maximum atomic E-state index is 12.9. The standard InChI is InChI=1S/C22H23N3O4S/c1-29-22(28)15-8-6-14(7-9-15)12-23-18(26)10-11-25-13-24-20-19(21(25)27)16-4-2-3-5-17(16)30-20/h6-9,13H,2-5,10-12H2,1H3,(H,23,26). The summed E-state index contributed by atoms with van der Waals surface area (Å²) in [5.41, 5.74) is 2.45. The first-order valence-corrected chi connectivity index (χ1v) is 10.8. The van der Waals surface area contributed by atoms with Crippen LogP contribution in [0.15, 0.2) is 35.4 Å². The van der Waals surface area contributed by atoms with E-state index in [1.165, 1.54) is 23.0 Å².